The van der Waals surface area contributed by atoms with Crippen molar-refractivity contribution in [2.75, 3.05) is 6.26 Å². The van der Waals surface area contributed by atoms with Crippen molar-refractivity contribution in [3.8, 4) is 5.75 Å². The van der Waals surface area contributed by atoms with Gasteiger partial charge in [-0.25, -0.2) is 0 Å². The standard InChI is InChI=1S/C18H29NO4S/c1-7-14(2)19(17(20)12-18(3,4)5)13-15-8-10-16(11-9-15)23-24(6,21)22/h8-11,14H,7,12-13H2,1-6H3/t14-/m1/s1. The van der Waals surface area contributed by atoms with Crippen LogP contribution in [0.3, 0.4) is 0 Å². The molecule has 1 aromatic carbocycles. The van der Waals surface area contributed by atoms with E-state index in [2.05, 4.69) is 27.7 Å². The van der Waals surface area contributed by atoms with E-state index < -0.39 is 10.1 Å². The van der Waals surface area contributed by atoms with E-state index in [1.54, 1.807) is 24.3 Å². The highest BCUT2D eigenvalue weighted by molar-refractivity contribution is 7.86. The Hall–Kier alpha value is -1.56. The monoisotopic (exact) mass is 355 g/mol. The average Bonchev–Trinajstić information content (AvgIpc) is 2.42. The summed E-state index contributed by atoms with van der Waals surface area (Å²) in [5.41, 5.74) is 0.883. The second-order valence-electron chi connectivity index (χ2n) is 7.45. The van der Waals surface area contributed by atoms with Crippen LogP contribution in [0.2, 0.25) is 0 Å². The van der Waals surface area contributed by atoms with E-state index in [-0.39, 0.29) is 23.1 Å². The van der Waals surface area contributed by atoms with E-state index in [0.717, 1.165) is 18.2 Å². The zero-order valence-electron chi connectivity index (χ0n) is 15.5. The molecule has 0 radical (unpaired) electrons. The normalized spacial score (nSPS) is 13.4. The lowest BCUT2D eigenvalue weighted by Crippen LogP contribution is -2.39. The molecule has 1 rings (SSSR count). The molecule has 0 saturated carbocycles. The number of carbonyl (C=O) groups excluding carboxylic acids is 1. The lowest BCUT2D eigenvalue weighted by atomic mass is 9.91. The molecule has 1 aromatic rings. The molecule has 0 saturated heterocycles. The molecule has 0 fully saturated rings. The summed E-state index contributed by atoms with van der Waals surface area (Å²) in [5, 5.41) is 0. The summed E-state index contributed by atoms with van der Waals surface area (Å²) in [6, 6.07) is 6.95. The molecule has 136 valence electrons. The van der Waals surface area contributed by atoms with Crippen molar-refractivity contribution in [2.24, 2.45) is 5.41 Å². The molecule has 0 aliphatic carbocycles. The third-order valence-electron chi connectivity index (χ3n) is 3.65. The number of hydrogen-bond acceptors (Lipinski definition) is 4. The molecule has 5 nitrogen and oxygen atoms in total. The topological polar surface area (TPSA) is 63.7 Å². The van der Waals surface area contributed by atoms with E-state index in [1.807, 2.05) is 11.8 Å². The first-order chi connectivity index (χ1) is 10.9. The first kappa shape index (κ1) is 20.5. The summed E-state index contributed by atoms with van der Waals surface area (Å²) in [6.45, 7) is 10.8. The fourth-order valence-electron chi connectivity index (χ4n) is 2.29. The first-order valence-electron chi connectivity index (χ1n) is 8.19. The average molecular weight is 356 g/mol. The van der Waals surface area contributed by atoms with Gasteiger partial charge in [-0.1, -0.05) is 39.8 Å². The molecule has 0 aliphatic heterocycles. The number of benzene rings is 1. The Labute approximate surface area is 146 Å². The SMILES string of the molecule is CC[C@@H](C)N(Cc1ccc(OS(C)(=O)=O)cc1)C(=O)CC(C)(C)C. The van der Waals surface area contributed by atoms with Gasteiger partial charge in [0.25, 0.3) is 0 Å². The van der Waals surface area contributed by atoms with Crippen LogP contribution in [0.5, 0.6) is 5.75 Å². The minimum Gasteiger partial charge on any atom is -0.383 e. The minimum absolute atomic E-state index is 0.0595. The van der Waals surface area contributed by atoms with Crippen molar-refractivity contribution in [2.45, 2.75) is 60.0 Å². The van der Waals surface area contributed by atoms with Crippen molar-refractivity contribution in [1.82, 2.24) is 4.90 Å². The molecular formula is C18H29NO4S. The Balaban J connectivity index is 2.89. The summed E-state index contributed by atoms with van der Waals surface area (Å²) in [7, 11) is -3.53. The zero-order valence-corrected chi connectivity index (χ0v) is 16.3. The van der Waals surface area contributed by atoms with Gasteiger partial charge in [-0.2, -0.15) is 8.42 Å². The summed E-state index contributed by atoms with van der Waals surface area (Å²) >= 11 is 0. The van der Waals surface area contributed by atoms with Crippen LogP contribution in [0.15, 0.2) is 24.3 Å². The molecule has 1 amide bonds. The highest BCUT2D eigenvalue weighted by atomic mass is 32.2. The van der Waals surface area contributed by atoms with Crippen LogP contribution in [0.4, 0.5) is 0 Å². The fourth-order valence-corrected chi connectivity index (χ4v) is 2.75. The van der Waals surface area contributed by atoms with Crippen LogP contribution >= 0.6 is 0 Å². The van der Waals surface area contributed by atoms with Gasteiger partial charge in [0.15, 0.2) is 0 Å². The van der Waals surface area contributed by atoms with Gasteiger partial charge < -0.3 is 9.08 Å². The maximum absolute atomic E-state index is 12.6. The second-order valence-corrected chi connectivity index (χ2v) is 9.02. The molecule has 0 aromatic heterocycles. The number of hydrogen-bond donors (Lipinski definition) is 0. The van der Waals surface area contributed by atoms with Crippen molar-refractivity contribution >= 4 is 16.0 Å². The summed E-state index contributed by atoms with van der Waals surface area (Å²) in [4.78, 5) is 14.5. The number of nitrogens with zero attached hydrogens (tertiary/aromatic N) is 1. The Morgan fingerprint density at radius 2 is 1.75 bits per heavy atom. The van der Waals surface area contributed by atoms with E-state index in [9.17, 15) is 13.2 Å². The molecule has 0 N–H and O–H groups in total. The van der Waals surface area contributed by atoms with Gasteiger partial charge in [0, 0.05) is 19.0 Å². The predicted octanol–water partition coefficient (Wildman–Crippen LogP) is 3.59. The number of amides is 1. The summed E-state index contributed by atoms with van der Waals surface area (Å²) < 4.78 is 27.1. The largest absolute Gasteiger partial charge is 0.383 e. The maximum atomic E-state index is 12.6. The summed E-state index contributed by atoms with van der Waals surface area (Å²) in [6.07, 6.45) is 2.38. The lowest BCUT2D eigenvalue weighted by molar-refractivity contribution is -0.135. The van der Waals surface area contributed by atoms with Crippen LogP contribution in [-0.2, 0) is 21.5 Å². The Kier molecular flexibility index (Phi) is 6.84. The van der Waals surface area contributed by atoms with Gasteiger partial charge in [-0.05, 0) is 36.5 Å². The molecular weight excluding hydrogens is 326 g/mol. The van der Waals surface area contributed by atoms with E-state index in [1.165, 1.54) is 0 Å². The van der Waals surface area contributed by atoms with Crippen molar-refractivity contribution in [3.63, 3.8) is 0 Å². The maximum Gasteiger partial charge on any atom is 0.306 e. The second kappa shape index (κ2) is 8.01. The Morgan fingerprint density at radius 1 is 1.21 bits per heavy atom. The number of rotatable bonds is 7. The molecule has 1 atom stereocenters. The molecule has 24 heavy (non-hydrogen) atoms. The van der Waals surface area contributed by atoms with E-state index >= 15 is 0 Å². The number of carbonyl (C=O) groups is 1. The van der Waals surface area contributed by atoms with E-state index in [4.69, 9.17) is 4.18 Å². The van der Waals surface area contributed by atoms with Crippen LogP contribution in [-0.4, -0.2) is 31.5 Å². The zero-order chi connectivity index (χ0) is 18.5. The van der Waals surface area contributed by atoms with Gasteiger partial charge in [-0.15, -0.1) is 0 Å². The van der Waals surface area contributed by atoms with Crippen molar-refractivity contribution in [3.05, 3.63) is 29.8 Å². The van der Waals surface area contributed by atoms with Gasteiger partial charge in [-0.3, -0.25) is 4.79 Å². The Morgan fingerprint density at radius 3 is 2.17 bits per heavy atom. The third-order valence-corrected chi connectivity index (χ3v) is 4.14. The van der Waals surface area contributed by atoms with Crippen LogP contribution in [0, 0.1) is 5.41 Å². The van der Waals surface area contributed by atoms with Crippen LogP contribution < -0.4 is 4.18 Å². The molecule has 0 spiro atoms. The summed E-state index contributed by atoms with van der Waals surface area (Å²) in [5.74, 6) is 0.408. The smallest absolute Gasteiger partial charge is 0.306 e. The molecule has 6 heteroatoms. The van der Waals surface area contributed by atoms with Gasteiger partial charge in [0.1, 0.15) is 5.75 Å². The van der Waals surface area contributed by atoms with Gasteiger partial charge >= 0.3 is 10.1 Å². The predicted molar refractivity (Wildman–Crippen MR) is 96.3 cm³/mol. The Bertz CT molecular complexity index is 645. The van der Waals surface area contributed by atoms with Crippen LogP contribution in [0.25, 0.3) is 0 Å². The highest BCUT2D eigenvalue weighted by Crippen LogP contribution is 2.23. The van der Waals surface area contributed by atoms with Crippen LogP contribution in [0.1, 0.15) is 53.0 Å². The highest BCUT2D eigenvalue weighted by Gasteiger charge is 2.24. The molecule has 0 heterocycles. The lowest BCUT2D eigenvalue weighted by Gasteiger charge is -2.31. The van der Waals surface area contributed by atoms with E-state index in [0.29, 0.717) is 13.0 Å². The minimum atomic E-state index is -3.53. The van der Waals surface area contributed by atoms with Gasteiger partial charge in [0.05, 0.1) is 6.26 Å². The van der Waals surface area contributed by atoms with Gasteiger partial charge in [0.2, 0.25) is 5.91 Å². The molecule has 0 unspecified atom stereocenters. The molecule has 0 aliphatic rings. The third kappa shape index (κ3) is 7.34. The molecule has 0 bridgehead atoms. The fraction of sp³-hybridized carbons (Fsp3) is 0.611. The first-order valence-corrected chi connectivity index (χ1v) is 10.0. The quantitative estimate of drug-likeness (QED) is 0.701. The van der Waals surface area contributed by atoms with Crippen molar-refractivity contribution < 1.29 is 17.4 Å². The van der Waals surface area contributed by atoms with Crippen molar-refractivity contribution in [1.29, 1.82) is 0 Å².